The van der Waals surface area contributed by atoms with E-state index < -0.39 is 42.5 Å². The maximum Gasteiger partial charge on any atom is 0.184 e. The van der Waals surface area contributed by atoms with E-state index in [0.717, 1.165) is 18.4 Å². The summed E-state index contributed by atoms with van der Waals surface area (Å²) in [5, 5.41) is 4.06. The highest BCUT2D eigenvalue weighted by atomic mass is 16.8. The van der Waals surface area contributed by atoms with Crippen LogP contribution in [0.4, 0.5) is 0 Å². The van der Waals surface area contributed by atoms with Gasteiger partial charge in [-0.25, -0.2) is 0 Å². The zero-order valence-corrected chi connectivity index (χ0v) is 20.1. The van der Waals surface area contributed by atoms with Gasteiger partial charge in [-0.3, -0.25) is 0 Å². The van der Waals surface area contributed by atoms with E-state index in [4.69, 9.17) is 23.7 Å². The van der Waals surface area contributed by atoms with Gasteiger partial charge in [-0.2, -0.15) is 0 Å². The standard InChI is InChI=1S/C24H37N3O5/c1-7-8-14-28-20-18(26-27-25)22(32-24(5,6)23(2,3)4)30-17-15-29-21(31-19(17)20)16-12-10-9-11-13-16/h9-13,17-22H,7-8,14-15H2,1-6H3/t17?,18?,19-,20-,21?,22-/m1/s1. The second-order valence-electron chi connectivity index (χ2n) is 9.98. The highest BCUT2D eigenvalue weighted by Gasteiger charge is 2.52. The number of nitrogens with zero attached hydrogens (tertiary/aromatic N) is 3. The number of ether oxygens (including phenoxy) is 5. The molecule has 0 saturated carbocycles. The number of unbranched alkanes of at least 4 members (excludes halogenated alkanes) is 1. The van der Waals surface area contributed by atoms with Gasteiger partial charge in [-0.15, -0.1) is 0 Å². The van der Waals surface area contributed by atoms with E-state index in [1.54, 1.807) is 0 Å². The van der Waals surface area contributed by atoms with Crippen LogP contribution in [-0.2, 0) is 23.7 Å². The highest BCUT2D eigenvalue weighted by molar-refractivity contribution is 5.16. The molecule has 3 unspecified atom stereocenters. The topological polar surface area (TPSA) is 94.9 Å². The Morgan fingerprint density at radius 2 is 1.84 bits per heavy atom. The molecule has 3 rings (SSSR count). The molecule has 0 radical (unpaired) electrons. The summed E-state index contributed by atoms with van der Waals surface area (Å²) in [5.41, 5.74) is 9.56. The number of fused-ring (bicyclic) bond motifs is 1. The van der Waals surface area contributed by atoms with Crippen LogP contribution in [0.5, 0.6) is 0 Å². The van der Waals surface area contributed by atoms with Crippen LogP contribution in [0.2, 0.25) is 0 Å². The summed E-state index contributed by atoms with van der Waals surface area (Å²) >= 11 is 0. The number of azide groups is 1. The number of hydrogen-bond acceptors (Lipinski definition) is 6. The van der Waals surface area contributed by atoms with Crippen LogP contribution in [0.3, 0.4) is 0 Å². The van der Waals surface area contributed by atoms with Crippen LogP contribution in [0.15, 0.2) is 35.4 Å². The SMILES string of the molecule is CCCCO[C@@H]1C(N=[N+]=[N-])[C@@H](OC(C)(C)C(C)(C)C)OC2COC(c3ccccc3)O[C@H]21. The third-order valence-corrected chi connectivity index (χ3v) is 6.59. The first-order valence-electron chi connectivity index (χ1n) is 11.5. The molecule has 0 aliphatic carbocycles. The van der Waals surface area contributed by atoms with Gasteiger partial charge in [-0.05, 0) is 31.2 Å². The predicted octanol–water partition coefficient (Wildman–Crippen LogP) is 5.53. The van der Waals surface area contributed by atoms with Crippen molar-refractivity contribution in [1.82, 2.24) is 0 Å². The molecule has 1 aromatic rings. The second kappa shape index (κ2) is 10.5. The van der Waals surface area contributed by atoms with Crippen molar-refractivity contribution in [2.45, 2.75) is 96.9 Å². The van der Waals surface area contributed by atoms with E-state index in [-0.39, 0.29) is 5.41 Å². The van der Waals surface area contributed by atoms with E-state index in [1.807, 2.05) is 44.2 Å². The minimum absolute atomic E-state index is 0.162. The Morgan fingerprint density at radius 3 is 2.47 bits per heavy atom. The molecule has 8 heteroatoms. The lowest BCUT2D eigenvalue weighted by Crippen LogP contribution is -2.64. The molecule has 0 amide bonds. The normalized spacial score (nSPS) is 30.9. The van der Waals surface area contributed by atoms with Gasteiger partial charge in [0, 0.05) is 17.1 Å². The predicted molar refractivity (Wildman–Crippen MR) is 121 cm³/mol. The summed E-state index contributed by atoms with van der Waals surface area (Å²) in [6.45, 7) is 13.3. The van der Waals surface area contributed by atoms with Crippen LogP contribution in [0, 0.1) is 5.41 Å². The molecule has 178 valence electrons. The monoisotopic (exact) mass is 447 g/mol. The van der Waals surface area contributed by atoms with Crippen LogP contribution in [0.1, 0.15) is 66.2 Å². The Morgan fingerprint density at radius 1 is 1.12 bits per heavy atom. The van der Waals surface area contributed by atoms with E-state index in [2.05, 4.69) is 37.7 Å². The molecule has 8 nitrogen and oxygen atoms in total. The Balaban J connectivity index is 1.88. The summed E-state index contributed by atoms with van der Waals surface area (Å²) < 4.78 is 31.3. The van der Waals surface area contributed by atoms with E-state index in [1.165, 1.54) is 0 Å². The van der Waals surface area contributed by atoms with E-state index >= 15 is 0 Å². The summed E-state index contributed by atoms with van der Waals surface area (Å²) in [7, 11) is 0. The molecular weight excluding hydrogens is 410 g/mol. The Bertz CT molecular complexity index is 776. The van der Waals surface area contributed by atoms with Crippen molar-refractivity contribution in [3.63, 3.8) is 0 Å². The summed E-state index contributed by atoms with van der Waals surface area (Å²) in [4.78, 5) is 3.09. The molecule has 2 heterocycles. The summed E-state index contributed by atoms with van der Waals surface area (Å²) in [6, 6.07) is 9.08. The van der Waals surface area contributed by atoms with E-state index in [0.29, 0.717) is 13.2 Å². The van der Waals surface area contributed by atoms with Crippen molar-refractivity contribution >= 4 is 0 Å². The fraction of sp³-hybridized carbons (Fsp3) is 0.750. The van der Waals surface area contributed by atoms with Crippen molar-refractivity contribution in [1.29, 1.82) is 0 Å². The number of benzene rings is 1. The zero-order valence-electron chi connectivity index (χ0n) is 20.1. The van der Waals surface area contributed by atoms with Gasteiger partial charge in [0.2, 0.25) is 0 Å². The van der Waals surface area contributed by atoms with Gasteiger partial charge in [0.25, 0.3) is 0 Å². The first-order valence-corrected chi connectivity index (χ1v) is 11.5. The first-order chi connectivity index (χ1) is 15.2. The van der Waals surface area contributed by atoms with Crippen LogP contribution in [0.25, 0.3) is 10.4 Å². The lowest BCUT2D eigenvalue weighted by molar-refractivity contribution is -0.361. The molecular formula is C24H37N3O5. The Kier molecular flexibility index (Phi) is 8.20. The molecule has 2 aliphatic heterocycles. The quantitative estimate of drug-likeness (QED) is 0.226. The molecule has 2 aliphatic rings. The average Bonchev–Trinajstić information content (AvgIpc) is 2.75. The van der Waals surface area contributed by atoms with Crippen molar-refractivity contribution in [3.8, 4) is 0 Å². The molecule has 0 bridgehead atoms. The molecule has 0 aromatic heterocycles. The van der Waals surface area contributed by atoms with Gasteiger partial charge >= 0.3 is 0 Å². The fourth-order valence-electron chi connectivity index (χ4n) is 3.64. The van der Waals surface area contributed by atoms with Gasteiger partial charge in [0.05, 0.1) is 18.3 Å². The van der Waals surface area contributed by atoms with Crippen molar-refractivity contribution in [2.24, 2.45) is 10.5 Å². The summed E-state index contributed by atoms with van der Waals surface area (Å²) in [6.07, 6.45) is -0.757. The fourth-order valence-corrected chi connectivity index (χ4v) is 3.64. The first kappa shape index (κ1) is 25.0. The van der Waals surface area contributed by atoms with Gasteiger partial charge in [0.15, 0.2) is 12.6 Å². The number of rotatable bonds is 8. The van der Waals surface area contributed by atoms with Crippen LogP contribution >= 0.6 is 0 Å². The summed E-state index contributed by atoms with van der Waals surface area (Å²) in [5.74, 6) is 0. The third kappa shape index (κ3) is 5.63. The number of hydrogen-bond donors (Lipinski definition) is 0. The third-order valence-electron chi connectivity index (χ3n) is 6.59. The van der Waals surface area contributed by atoms with Gasteiger partial charge in [0.1, 0.15) is 18.2 Å². The molecule has 0 spiro atoms. The van der Waals surface area contributed by atoms with Crippen molar-refractivity contribution in [2.75, 3.05) is 13.2 Å². The lowest BCUT2D eigenvalue weighted by atomic mass is 9.79. The minimum Gasteiger partial charge on any atom is -0.375 e. The smallest absolute Gasteiger partial charge is 0.184 e. The largest absolute Gasteiger partial charge is 0.375 e. The molecule has 0 N–H and O–H groups in total. The Labute approximate surface area is 191 Å². The zero-order chi connectivity index (χ0) is 23.4. The molecule has 6 atom stereocenters. The lowest BCUT2D eigenvalue weighted by Gasteiger charge is -2.51. The molecule has 32 heavy (non-hydrogen) atoms. The highest BCUT2D eigenvalue weighted by Crippen LogP contribution is 2.40. The second-order valence-corrected chi connectivity index (χ2v) is 9.98. The van der Waals surface area contributed by atoms with Crippen LogP contribution in [-0.4, -0.2) is 49.5 Å². The molecule has 1 aromatic carbocycles. The van der Waals surface area contributed by atoms with Crippen molar-refractivity contribution in [3.05, 3.63) is 46.3 Å². The van der Waals surface area contributed by atoms with Gasteiger partial charge in [-0.1, -0.05) is 69.6 Å². The molecule has 2 saturated heterocycles. The van der Waals surface area contributed by atoms with Crippen LogP contribution < -0.4 is 0 Å². The average molecular weight is 448 g/mol. The van der Waals surface area contributed by atoms with Crippen molar-refractivity contribution < 1.29 is 23.7 Å². The van der Waals surface area contributed by atoms with E-state index in [9.17, 15) is 5.53 Å². The minimum atomic E-state index is -0.770. The Hall–Kier alpha value is -1.67. The maximum atomic E-state index is 9.34. The molecule has 2 fully saturated rings. The van der Waals surface area contributed by atoms with Gasteiger partial charge < -0.3 is 23.7 Å². The maximum absolute atomic E-state index is 9.34.